The number of aryl methyl sites for hydroxylation is 4. The van der Waals surface area contributed by atoms with E-state index in [0.29, 0.717) is 6.04 Å². The maximum absolute atomic E-state index is 3.71. The lowest BCUT2D eigenvalue weighted by molar-refractivity contribution is 0.638. The van der Waals surface area contributed by atoms with Crippen molar-refractivity contribution in [1.82, 2.24) is 5.32 Å². The van der Waals surface area contributed by atoms with Gasteiger partial charge in [0.05, 0.1) is 6.04 Å². The van der Waals surface area contributed by atoms with Crippen LogP contribution in [0.4, 0.5) is 0 Å². The van der Waals surface area contributed by atoms with Crippen LogP contribution >= 0.6 is 11.3 Å². The highest BCUT2D eigenvalue weighted by Gasteiger charge is 2.22. The summed E-state index contributed by atoms with van der Waals surface area (Å²) in [5.74, 6) is 0. The lowest BCUT2D eigenvalue weighted by Gasteiger charge is -2.18. The predicted molar refractivity (Wildman–Crippen MR) is 90.3 cm³/mol. The van der Waals surface area contributed by atoms with Crippen molar-refractivity contribution < 1.29 is 0 Å². The van der Waals surface area contributed by atoms with Gasteiger partial charge in [0, 0.05) is 9.75 Å². The first-order valence-electron chi connectivity index (χ1n) is 8.31. The maximum Gasteiger partial charge on any atom is 0.0671 e. The van der Waals surface area contributed by atoms with E-state index in [1.54, 1.807) is 21.6 Å². The zero-order valence-electron chi connectivity index (χ0n) is 12.7. The van der Waals surface area contributed by atoms with E-state index < -0.39 is 0 Å². The molecule has 1 aromatic carbocycles. The Morgan fingerprint density at radius 2 is 1.81 bits per heavy atom. The molecule has 1 nitrogen and oxygen atoms in total. The van der Waals surface area contributed by atoms with E-state index in [9.17, 15) is 0 Å². The number of nitrogens with one attached hydrogen (secondary N) is 1. The number of hydrogen-bond donors (Lipinski definition) is 1. The molecule has 0 radical (unpaired) electrons. The third-order valence-electron chi connectivity index (χ3n) is 4.91. The van der Waals surface area contributed by atoms with Crippen LogP contribution in [0.1, 0.15) is 57.8 Å². The van der Waals surface area contributed by atoms with Crippen molar-refractivity contribution in [3.63, 3.8) is 0 Å². The number of rotatable bonds is 4. The zero-order valence-corrected chi connectivity index (χ0v) is 13.6. The standard InChI is InChI=1S/C19H23NS/c1-2-20-19(18-12-15-7-4-8-17(15)21-18)16-10-9-13-5-3-6-14(13)11-16/h9-12,19-20H,2-8H2,1H3. The number of hydrogen-bond acceptors (Lipinski definition) is 2. The molecule has 0 aliphatic heterocycles. The van der Waals surface area contributed by atoms with Gasteiger partial charge in [0.25, 0.3) is 0 Å². The molecule has 2 aliphatic carbocycles. The van der Waals surface area contributed by atoms with Crippen LogP contribution < -0.4 is 5.32 Å². The SMILES string of the molecule is CCNC(c1ccc2c(c1)CCC2)c1cc2c(s1)CCC2. The van der Waals surface area contributed by atoms with E-state index in [1.165, 1.54) is 49.0 Å². The Balaban J connectivity index is 1.70. The van der Waals surface area contributed by atoms with Crippen LogP contribution in [0.25, 0.3) is 0 Å². The van der Waals surface area contributed by atoms with Crippen molar-refractivity contribution in [3.05, 3.63) is 56.3 Å². The van der Waals surface area contributed by atoms with Gasteiger partial charge in [-0.2, -0.15) is 0 Å². The smallest absolute Gasteiger partial charge is 0.0671 e. The molecular formula is C19H23NS. The molecule has 110 valence electrons. The van der Waals surface area contributed by atoms with Gasteiger partial charge in [0.15, 0.2) is 0 Å². The van der Waals surface area contributed by atoms with Crippen LogP contribution in [0.3, 0.4) is 0 Å². The molecule has 4 rings (SSSR count). The maximum atomic E-state index is 3.71. The van der Waals surface area contributed by atoms with Crippen molar-refractivity contribution in [2.45, 2.75) is 51.5 Å². The van der Waals surface area contributed by atoms with Gasteiger partial charge in [-0.05, 0) is 73.4 Å². The Labute approximate surface area is 131 Å². The first-order chi connectivity index (χ1) is 10.3. The van der Waals surface area contributed by atoms with E-state index in [0.717, 1.165) is 6.54 Å². The Morgan fingerprint density at radius 1 is 1.00 bits per heavy atom. The number of thiophene rings is 1. The van der Waals surface area contributed by atoms with Gasteiger partial charge in [-0.15, -0.1) is 11.3 Å². The first kappa shape index (κ1) is 13.5. The fourth-order valence-corrected chi connectivity index (χ4v) is 5.21. The predicted octanol–water partition coefficient (Wildman–Crippen LogP) is 4.42. The van der Waals surface area contributed by atoms with Gasteiger partial charge in [-0.1, -0.05) is 25.1 Å². The van der Waals surface area contributed by atoms with Gasteiger partial charge >= 0.3 is 0 Å². The molecule has 1 atom stereocenters. The fourth-order valence-electron chi connectivity index (χ4n) is 3.85. The van der Waals surface area contributed by atoms with Crippen LogP contribution in [-0.4, -0.2) is 6.54 Å². The van der Waals surface area contributed by atoms with E-state index in [1.807, 2.05) is 11.3 Å². The highest BCUT2D eigenvalue weighted by Crippen LogP contribution is 2.37. The van der Waals surface area contributed by atoms with E-state index in [2.05, 4.69) is 36.5 Å². The normalized spacial score (nSPS) is 17.8. The van der Waals surface area contributed by atoms with Crippen molar-refractivity contribution in [1.29, 1.82) is 0 Å². The van der Waals surface area contributed by atoms with E-state index >= 15 is 0 Å². The van der Waals surface area contributed by atoms with Crippen LogP contribution in [0.2, 0.25) is 0 Å². The van der Waals surface area contributed by atoms with Gasteiger partial charge in [0.1, 0.15) is 0 Å². The van der Waals surface area contributed by atoms with E-state index in [4.69, 9.17) is 0 Å². The monoisotopic (exact) mass is 297 g/mol. The van der Waals surface area contributed by atoms with Gasteiger partial charge in [-0.3, -0.25) is 0 Å². The summed E-state index contributed by atoms with van der Waals surface area (Å²) in [5, 5.41) is 3.71. The fraction of sp³-hybridized carbons (Fsp3) is 0.474. The Bertz CT molecular complexity index is 634. The Morgan fingerprint density at radius 3 is 2.67 bits per heavy atom. The third kappa shape index (κ3) is 2.45. The second-order valence-corrected chi connectivity index (χ2v) is 7.49. The zero-order chi connectivity index (χ0) is 14.2. The molecule has 0 amide bonds. The molecule has 2 aliphatic rings. The molecule has 1 unspecified atom stereocenters. The van der Waals surface area contributed by atoms with Crippen LogP contribution in [-0.2, 0) is 25.7 Å². The summed E-state index contributed by atoms with van der Waals surface area (Å²) in [7, 11) is 0. The summed E-state index contributed by atoms with van der Waals surface area (Å²) in [6.45, 7) is 3.23. The van der Waals surface area contributed by atoms with Crippen molar-refractivity contribution >= 4 is 11.3 Å². The molecule has 0 bridgehead atoms. The summed E-state index contributed by atoms with van der Waals surface area (Å²) >= 11 is 2.04. The summed E-state index contributed by atoms with van der Waals surface area (Å²) in [4.78, 5) is 3.15. The topological polar surface area (TPSA) is 12.0 Å². The molecule has 21 heavy (non-hydrogen) atoms. The highest BCUT2D eigenvalue weighted by molar-refractivity contribution is 7.12. The highest BCUT2D eigenvalue weighted by atomic mass is 32.1. The quantitative estimate of drug-likeness (QED) is 0.880. The minimum absolute atomic E-state index is 0.386. The molecule has 2 heteroatoms. The third-order valence-corrected chi connectivity index (χ3v) is 6.22. The summed E-state index contributed by atoms with van der Waals surface area (Å²) < 4.78 is 0. The largest absolute Gasteiger partial charge is 0.306 e. The van der Waals surface area contributed by atoms with Crippen LogP contribution in [0.5, 0.6) is 0 Å². The van der Waals surface area contributed by atoms with Crippen LogP contribution in [0.15, 0.2) is 24.3 Å². The lowest BCUT2D eigenvalue weighted by Crippen LogP contribution is -2.21. The van der Waals surface area contributed by atoms with Crippen molar-refractivity contribution in [3.8, 4) is 0 Å². The molecule has 1 N–H and O–H groups in total. The second-order valence-electron chi connectivity index (χ2n) is 6.32. The molecule has 1 aromatic heterocycles. The minimum Gasteiger partial charge on any atom is -0.306 e. The molecule has 0 spiro atoms. The molecule has 0 fully saturated rings. The number of benzene rings is 1. The molecule has 0 saturated carbocycles. The molecular weight excluding hydrogens is 274 g/mol. The van der Waals surface area contributed by atoms with Gasteiger partial charge in [-0.25, -0.2) is 0 Å². The molecule has 2 aromatic rings. The van der Waals surface area contributed by atoms with Gasteiger partial charge in [0.2, 0.25) is 0 Å². The Kier molecular flexibility index (Phi) is 3.60. The summed E-state index contributed by atoms with van der Waals surface area (Å²) in [5.41, 5.74) is 6.22. The molecule has 0 saturated heterocycles. The second kappa shape index (κ2) is 5.58. The molecule has 1 heterocycles. The van der Waals surface area contributed by atoms with Crippen molar-refractivity contribution in [2.75, 3.05) is 6.54 Å². The number of fused-ring (bicyclic) bond motifs is 2. The Hall–Kier alpha value is -1.12. The van der Waals surface area contributed by atoms with Crippen molar-refractivity contribution in [2.24, 2.45) is 0 Å². The lowest BCUT2D eigenvalue weighted by atomic mass is 9.99. The summed E-state index contributed by atoms with van der Waals surface area (Å²) in [6, 6.07) is 10.0. The average Bonchev–Trinajstić information content (AvgIpc) is 3.18. The van der Waals surface area contributed by atoms with E-state index in [-0.39, 0.29) is 0 Å². The minimum atomic E-state index is 0.386. The average molecular weight is 297 g/mol. The van der Waals surface area contributed by atoms with Crippen LogP contribution in [0, 0.1) is 0 Å². The first-order valence-corrected chi connectivity index (χ1v) is 9.13. The van der Waals surface area contributed by atoms with Gasteiger partial charge < -0.3 is 5.32 Å². The summed E-state index contributed by atoms with van der Waals surface area (Å²) in [6.07, 6.45) is 7.81.